The van der Waals surface area contributed by atoms with E-state index in [4.69, 9.17) is 0 Å². The van der Waals surface area contributed by atoms with Crippen LogP contribution in [0, 0.1) is 5.92 Å². The highest BCUT2D eigenvalue weighted by molar-refractivity contribution is 5.78. The van der Waals surface area contributed by atoms with Gasteiger partial charge in [0, 0.05) is 19.3 Å². The van der Waals surface area contributed by atoms with Crippen molar-refractivity contribution in [3.05, 3.63) is 46.6 Å². The minimum atomic E-state index is -0.0491. The molecule has 3 aromatic rings. The molecule has 126 valence electrons. The fourth-order valence-corrected chi connectivity index (χ4v) is 3.84. The molecule has 6 heteroatoms. The van der Waals surface area contributed by atoms with Crippen LogP contribution >= 0.6 is 0 Å². The highest BCUT2D eigenvalue weighted by atomic mass is 16.1. The van der Waals surface area contributed by atoms with Crippen LogP contribution in [-0.2, 0) is 13.5 Å². The highest BCUT2D eigenvalue weighted by Gasteiger charge is 2.27. The zero-order valence-electron chi connectivity index (χ0n) is 13.9. The van der Waals surface area contributed by atoms with Gasteiger partial charge in [-0.1, -0.05) is 12.5 Å². The van der Waals surface area contributed by atoms with Crippen LogP contribution in [-0.4, -0.2) is 25.8 Å². The van der Waals surface area contributed by atoms with Crippen molar-refractivity contribution in [3.8, 4) is 0 Å². The molecular weight excluding hydrogens is 302 g/mol. The van der Waals surface area contributed by atoms with Gasteiger partial charge in [0.05, 0.1) is 17.2 Å². The summed E-state index contributed by atoms with van der Waals surface area (Å²) < 4.78 is 1.97. The number of aromatic amines is 2. The molecule has 6 nitrogen and oxygen atoms in total. The highest BCUT2D eigenvalue weighted by Crippen LogP contribution is 2.31. The van der Waals surface area contributed by atoms with Crippen LogP contribution in [0.3, 0.4) is 0 Å². The summed E-state index contributed by atoms with van der Waals surface area (Å²) in [5.74, 6) is 1.65. The first-order valence-corrected chi connectivity index (χ1v) is 8.63. The van der Waals surface area contributed by atoms with Gasteiger partial charge in [-0.15, -0.1) is 0 Å². The summed E-state index contributed by atoms with van der Waals surface area (Å²) in [6.07, 6.45) is 9.82. The second-order valence-electron chi connectivity index (χ2n) is 6.86. The summed E-state index contributed by atoms with van der Waals surface area (Å²) in [5, 5.41) is 9.90. The van der Waals surface area contributed by atoms with E-state index >= 15 is 0 Å². The molecule has 2 heterocycles. The van der Waals surface area contributed by atoms with Crippen LogP contribution in [0.1, 0.15) is 31.2 Å². The van der Waals surface area contributed by atoms with Gasteiger partial charge in [-0.3, -0.25) is 15.0 Å². The second-order valence-corrected chi connectivity index (χ2v) is 6.86. The van der Waals surface area contributed by atoms with Crippen LogP contribution in [0.4, 0.5) is 5.82 Å². The van der Waals surface area contributed by atoms with Gasteiger partial charge in [0.15, 0.2) is 0 Å². The van der Waals surface area contributed by atoms with Crippen LogP contribution in [0.2, 0.25) is 0 Å². The SMILES string of the molecule is Cn1cnc(NC2CCCC2CCc2ccc3c(=O)[nH][nH]c3c2)c1. The lowest BCUT2D eigenvalue weighted by atomic mass is 9.94. The van der Waals surface area contributed by atoms with E-state index < -0.39 is 0 Å². The van der Waals surface area contributed by atoms with Gasteiger partial charge >= 0.3 is 0 Å². The Hall–Kier alpha value is -2.50. The predicted molar refractivity (Wildman–Crippen MR) is 95.2 cm³/mol. The Morgan fingerprint density at radius 1 is 1.33 bits per heavy atom. The van der Waals surface area contributed by atoms with E-state index in [2.05, 4.69) is 32.6 Å². The molecule has 0 radical (unpaired) electrons. The molecule has 3 N–H and O–H groups in total. The molecule has 0 amide bonds. The number of anilines is 1. The predicted octanol–water partition coefficient (Wildman–Crippen LogP) is 2.80. The minimum Gasteiger partial charge on any atom is -0.366 e. The van der Waals surface area contributed by atoms with Crippen molar-refractivity contribution in [1.82, 2.24) is 19.7 Å². The van der Waals surface area contributed by atoms with Gasteiger partial charge in [0.2, 0.25) is 0 Å². The first-order chi connectivity index (χ1) is 11.7. The Morgan fingerprint density at radius 2 is 2.25 bits per heavy atom. The van der Waals surface area contributed by atoms with Crippen molar-refractivity contribution in [3.63, 3.8) is 0 Å². The first kappa shape index (κ1) is 15.1. The van der Waals surface area contributed by atoms with Crippen molar-refractivity contribution in [2.24, 2.45) is 13.0 Å². The number of benzene rings is 1. The number of aromatic nitrogens is 4. The molecule has 0 spiro atoms. The van der Waals surface area contributed by atoms with Gasteiger partial charge in [0.1, 0.15) is 5.82 Å². The smallest absolute Gasteiger partial charge is 0.271 e. The molecule has 1 aromatic carbocycles. The quantitative estimate of drug-likeness (QED) is 0.675. The lowest BCUT2D eigenvalue weighted by molar-refractivity contribution is 0.466. The number of imidazole rings is 1. The number of hydrogen-bond donors (Lipinski definition) is 3. The van der Waals surface area contributed by atoms with Crippen LogP contribution in [0.25, 0.3) is 10.9 Å². The van der Waals surface area contributed by atoms with Crippen LogP contribution in [0.5, 0.6) is 0 Å². The van der Waals surface area contributed by atoms with E-state index in [0.29, 0.717) is 12.0 Å². The molecule has 2 atom stereocenters. The number of hydrogen-bond acceptors (Lipinski definition) is 3. The standard InChI is InChI=1S/C18H23N5O/c1-23-10-17(19-11-23)20-15-4-2-3-13(15)7-5-12-6-8-14-16(9-12)21-22-18(14)24/h6,8-11,13,15,20H,2-5,7H2,1H3,(H2,21,22,24). The molecule has 1 aliphatic carbocycles. The van der Waals surface area contributed by atoms with Crippen LogP contribution < -0.4 is 10.9 Å². The average Bonchev–Trinajstić information content (AvgIpc) is 3.28. The number of nitrogens with one attached hydrogen (secondary N) is 3. The fourth-order valence-electron chi connectivity index (χ4n) is 3.84. The Kier molecular flexibility index (Phi) is 3.88. The van der Waals surface area contributed by atoms with Crippen LogP contribution in [0.15, 0.2) is 35.5 Å². The fraction of sp³-hybridized carbons (Fsp3) is 0.444. The number of aryl methyl sites for hydroxylation is 2. The number of rotatable bonds is 5. The van der Waals surface area contributed by atoms with E-state index in [0.717, 1.165) is 29.6 Å². The van der Waals surface area contributed by atoms with Gasteiger partial charge < -0.3 is 9.88 Å². The topological polar surface area (TPSA) is 78.5 Å². The molecule has 2 unspecified atom stereocenters. The molecule has 0 aliphatic heterocycles. The molecule has 2 aromatic heterocycles. The summed E-state index contributed by atoms with van der Waals surface area (Å²) >= 11 is 0. The van der Waals surface area contributed by atoms with Gasteiger partial charge in [0.25, 0.3) is 5.56 Å². The van der Waals surface area contributed by atoms with Gasteiger partial charge in [-0.25, -0.2) is 4.98 Å². The zero-order valence-corrected chi connectivity index (χ0v) is 13.9. The largest absolute Gasteiger partial charge is 0.366 e. The van der Waals surface area contributed by atoms with E-state index in [9.17, 15) is 4.79 Å². The lowest BCUT2D eigenvalue weighted by Gasteiger charge is -2.20. The number of nitrogens with zero attached hydrogens (tertiary/aromatic N) is 2. The summed E-state index contributed by atoms with van der Waals surface area (Å²) in [6, 6.07) is 6.58. The Balaban J connectivity index is 1.40. The number of fused-ring (bicyclic) bond motifs is 1. The van der Waals surface area contributed by atoms with Gasteiger partial charge in [-0.2, -0.15) is 0 Å². The monoisotopic (exact) mass is 325 g/mol. The molecule has 1 aliphatic rings. The molecule has 1 saturated carbocycles. The Labute approximate surface area is 140 Å². The summed E-state index contributed by atoms with van der Waals surface area (Å²) in [4.78, 5) is 16.0. The van der Waals surface area contributed by atoms with Crippen molar-refractivity contribution in [2.45, 2.75) is 38.1 Å². The van der Waals surface area contributed by atoms with E-state index in [1.807, 2.05) is 30.2 Å². The zero-order chi connectivity index (χ0) is 16.5. The van der Waals surface area contributed by atoms with E-state index in [1.54, 1.807) is 0 Å². The maximum Gasteiger partial charge on any atom is 0.271 e. The summed E-state index contributed by atoms with van der Waals surface area (Å²) in [5.41, 5.74) is 2.13. The normalized spacial score (nSPS) is 20.7. The third kappa shape index (κ3) is 2.96. The van der Waals surface area contributed by atoms with Crippen molar-refractivity contribution >= 4 is 16.7 Å². The molecule has 24 heavy (non-hydrogen) atoms. The number of H-pyrrole nitrogens is 2. The molecular formula is C18H23N5O. The van der Waals surface area contributed by atoms with Crippen molar-refractivity contribution < 1.29 is 0 Å². The van der Waals surface area contributed by atoms with Crippen molar-refractivity contribution in [1.29, 1.82) is 0 Å². The Morgan fingerprint density at radius 3 is 3.08 bits per heavy atom. The minimum absolute atomic E-state index is 0.0491. The average molecular weight is 325 g/mol. The van der Waals surface area contributed by atoms with E-state index in [-0.39, 0.29) is 5.56 Å². The summed E-state index contributed by atoms with van der Waals surface area (Å²) in [7, 11) is 1.99. The molecule has 1 fully saturated rings. The summed E-state index contributed by atoms with van der Waals surface area (Å²) in [6.45, 7) is 0. The van der Waals surface area contributed by atoms with E-state index in [1.165, 1.54) is 24.8 Å². The first-order valence-electron chi connectivity index (χ1n) is 8.63. The third-order valence-electron chi connectivity index (χ3n) is 5.14. The maximum absolute atomic E-state index is 11.6. The van der Waals surface area contributed by atoms with Crippen molar-refractivity contribution in [2.75, 3.05) is 5.32 Å². The second kappa shape index (κ2) is 6.19. The lowest BCUT2D eigenvalue weighted by Crippen LogP contribution is -2.24. The molecule has 4 rings (SSSR count). The molecule has 0 saturated heterocycles. The Bertz CT molecular complexity index is 890. The third-order valence-corrected chi connectivity index (χ3v) is 5.14. The maximum atomic E-state index is 11.6. The van der Waals surface area contributed by atoms with Gasteiger partial charge in [-0.05, 0) is 49.3 Å². The molecule has 0 bridgehead atoms.